The van der Waals surface area contributed by atoms with E-state index in [4.69, 9.17) is 10.5 Å². The molecule has 0 bridgehead atoms. The van der Waals surface area contributed by atoms with Gasteiger partial charge in [0.2, 0.25) is 0 Å². The molecule has 0 aromatic carbocycles. The molecule has 156 valence electrons. The summed E-state index contributed by atoms with van der Waals surface area (Å²) in [5, 5.41) is 27.9. The van der Waals surface area contributed by atoms with Crippen molar-refractivity contribution in [2.45, 2.75) is 57.7 Å². The van der Waals surface area contributed by atoms with Gasteiger partial charge in [0.05, 0.1) is 0 Å². The summed E-state index contributed by atoms with van der Waals surface area (Å²) >= 11 is 0. The van der Waals surface area contributed by atoms with E-state index in [0.29, 0.717) is 19.3 Å². The van der Waals surface area contributed by atoms with Crippen molar-refractivity contribution in [3.63, 3.8) is 0 Å². The largest absolute Gasteiger partial charge is 0.550 e. The predicted octanol–water partition coefficient (Wildman–Crippen LogP) is 4.15. The summed E-state index contributed by atoms with van der Waals surface area (Å²) in [5.41, 5.74) is 0. The van der Waals surface area contributed by atoms with Crippen molar-refractivity contribution in [1.29, 1.82) is 0 Å². The van der Waals surface area contributed by atoms with Crippen LogP contribution in [0.3, 0.4) is 0 Å². The van der Waals surface area contributed by atoms with E-state index < -0.39 is 12.1 Å². The molecule has 0 aliphatic carbocycles. The number of rotatable bonds is 16. The average molecular weight is 391 g/mol. The lowest BCUT2D eigenvalue weighted by Crippen LogP contribution is -2.21. The maximum absolute atomic E-state index is 10.3. The predicted molar refractivity (Wildman–Crippen MR) is 108 cm³/mol. The third kappa shape index (κ3) is 17.2. The molecule has 6 heteroatoms. The Morgan fingerprint density at radius 2 is 1.39 bits per heavy atom. The van der Waals surface area contributed by atoms with E-state index in [1.54, 1.807) is 30.4 Å². The van der Waals surface area contributed by atoms with Crippen molar-refractivity contribution in [1.82, 2.24) is 0 Å². The average Bonchev–Trinajstić information content (AvgIpc) is 2.69. The van der Waals surface area contributed by atoms with Gasteiger partial charge in [-0.2, -0.15) is 0 Å². The molecule has 0 aromatic heterocycles. The van der Waals surface area contributed by atoms with Gasteiger partial charge >= 0.3 is 0 Å². The van der Waals surface area contributed by atoms with Gasteiger partial charge in [0, 0.05) is 5.97 Å². The van der Waals surface area contributed by atoms with Gasteiger partial charge in [0.1, 0.15) is 12.2 Å². The fraction of sp³-hybridized carbons (Fsp3) is 0.409. The highest BCUT2D eigenvalue weighted by Crippen LogP contribution is 2.03. The van der Waals surface area contributed by atoms with Gasteiger partial charge in [-0.15, -0.1) is 0 Å². The Morgan fingerprint density at radius 1 is 0.857 bits per heavy atom. The molecular formula is C22H31O6-. The monoisotopic (exact) mass is 391 g/mol. The van der Waals surface area contributed by atoms with Crippen LogP contribution in [0.2, 0.25) is 0 Å². The minimum absolute atomic E-state index is 0.0218. The third-order valence-electron chi connectivity index (χ3n) is 3.51. The molecule has 0 rings (SSSR count). The van der Waals surface area contributed by atoms with Gasteiger partial charge < -0.3 is 9.90 Å². The van der Waals surface area contributed by atoms with Crippen LogP contribution in [-0.4, -0.2) is 28.7 Å². The lowest BCUT2D eigenvalue weighted by molar-refractivity contribution is -0.305. The first-order chi connectivity index (χ1) is 13.6. The summed E-state index contributed by atoms with van der Waals surface area (Å²) in [6, 6.07) is 0. The molecule has 6 nitrogen and oxygen atoms in total. The maximum Gasteiger partial charge on any atom is 0.115 e. The summed E-state index contributed by atoms with van der Waals surface area (Å²) in [4.78, 5) is 19.0. The number of carboxylic acid groups (broad SMARTS) is 1. The molecule has 0 saturated heterocycles. The number of carboxylic acids is 1. The Hall–Kier alpha value is -2.25. The SMILES string of the molecule is CC/C=C\C[C@@H](/C=C/C=C\C/C=C\C=C\[C@H](C/C=C\CCC(=O)[O-])OO)OO. The van der Waals surface area contributed by atoms with E-state index in [1.807, 2.05) is 49.5 Å². The van der Waals surface area contributed by atoms with Crippen molar-refractivity contribution in [3.8, 4) is 0 Å². The van der Waals surface area contributed by atoms with E-state index in [2.05, 4.69) is 9.78 Å². The second-order valence-electron chi connectivity index (χ2n) is 5.88. The zero-order chi connectivity index (χ0) is 20.9. The van der Waals surface area contributed by atoms with Crippen LogP contribution >= 0.6 is 0 Å². The van der Waals surface area contributed by atoms with Gasteiger partial charge in [-0.1, -0.05) is 79.8 Å². The van der Waals surface area contributed by atoms with Crippen LogP contribution in [0.5, 0.6) is 0 Å². The first-order valence-corrected chi connectivity index (χ1v) is 9.40. The number of carbonyl (C=O) groups is 1. The molecule has 2 N–H and O–H groups in total. The molecule has 2 atom stereocenters. The molecule has 0 fully saturated rings. The van der Waals surface area contributed by atoms with Crippen LogP contribution < -0.4 is 5.11 Å². The third-order valence-corrected chi connectivity index (χ3v) is 3.51. The molecule has 0 aliphatic heterocycles. The van der Waals surface area contributed by atoms with Crippen molar-refractivity contribution >= 4 is 5.97 Å². The zero-order valence-electron chi connectivity index (χ0n) is 16.4. The number of aliphatic carboxylic acids is 1. The lowest BCUT2D eigenvalue weighted by atomic mass is 10.2. The molecule has 0 heterocycles. The molecule has 28 heavy (non-hydrogen) atoms. The summed E-state index contributed by atoms with van der Waals surface area (Å²) < 4.78 is 0. The van der Waals surface area contributed by atoms with Crippen molar-refractivity contribution in [2.24, 2.45) is 0 Å². The number of hydrogen-bond donors (Lipinski definition) is 2. The lowest BCUT2D eigenvalue weighted by Gasteiger charge is -2.04. The van der Waals surface area contributed by atoms with Crippen molar-refractivity contribution in [3.05, 3.63) is 72.9 Å². The summed E-state index contributed by atoms with van der Waals surface area (Å²) in [6.45, 7) is 2.05. The van der Waals surface area contributed by atoms with Gasteiger partial charge in [-0.05, 0) is 38.5 Å². The molecule has 0 aromatic rings. The van der Waals surface area contributed by atoms with Crippen LogP contribution in [0.4, 0.5) is 0 Å². The minimum atomic E-state index is -1.08. The van der Waals surface area contributed by atoms with Gasteiger partial charge in [-0.25, -0.2) is 9.78 Å². The van der Waals surface area contributed by atoms with Crippen molar-refractivity contribution in [2.75, 3.05) is 0 Å². The number of carbonyl (C=O) groups excluding carboxylic acids is 1. The first-order valence-electron chi connectivity index (χ1n) is 9.40. The summed E-state index contributed by atoms with van der Waals surface area (Å²) in [7, 11) is 0. The molecule has 0 aliphatic rings. The molecule has 0 saturated carbocycles. The molecule has 0 radical (unpaired) electrons. The molecular weight excluding hydrogens is 360 g/mol. The van der Waals surface area contributed by atoms with E-state index in [-0.39, 0.29) is 12.5 Å². The zero-order valence-corrected chi connectivity index (χ0v) is 16.4. The Labute approximate surface area is 167 Å². The molecule has 0 spiro atoms. The minimum Gasteiger partial charge on any atom is -0.550 e. The molecule has 0 unspecified atom stereocenters. The van der Waals surface area contributed by atoms with Crippen molar-refractivity contribution < 1.29 is 30.2 Å². The summed E-state index contributed by atoms with van der Waals surface area (Å²) in [6.07, 6.45) is 24.4. The quantitative estimate of drug-likeness (QED) is 0.177. The smallest absolute Gasteiger partial charge is 0.115 e. The first kappa shape index (κ1) is 25.8. The van der Waals surface area contributed by atoms with Crippen LogP contribution in [-0.2, 0) is 14.6 Å². The standard InChI is InChI=1S/C22H32O6/c1-2-3-10-15-20(27-25)16-11-7-5-4-6-8-12-17-21(28-26)18-13-9-14-19-22(23)24/h3,5-13,16-17,20-21,25-26H,2,4,14-15,18-19H2,1H3,(H,23,24)/p-1/b7-5-,8-6-,10-3-,13-9-,16-11+,17-12+/t20-,21+/m0/s1. The van der Waals surface area contributed by atoms with E-state index >= 15 is 0 Å². The Morgan fingerprint density at radius 3 is 1.86 bits per heavy atom. The highest BCUT2D eigenvalue weighted by Gasteiger charge is 2.00. The number of hydrogen-bond acceptors (Lipinski definition) is 6. The van der Waals surface area contributed by atoms with Gasteiger partial charge in [-0.3, -0.25) is 10.5 Å². The normalized spacial score (nSPS) is 15.2. The van der Waals surface area contributed by atoms with Crippen LogP contribution in [0.15, 0.2) is 72.9 Å². The van der Waals surface area contributed by atoms with E-state index in [9.17, 15) is 9.90 Å². The van der Waals surface area contributed by atoms with E-state index in [0.717, 1.165) is 12.8 Å². The number of allylic oxidation sites excluding steroid dienone is 8. The fourth-order valence-corrected chi connectivity index (χ4v) is 2.03. The van der Waals surface area contributed by atoms with Gasteiger partial charge in [0.15, 0.2) is 0 Å². The topological polar surface area (TPSA) is 99.1 Å². The highest BCUT2D eigenvalue weighted by molar-refractivity contribution is 5.64. The van der Waals surface area contributed by atoms with Crippen LogP contribution in [0, 0.1) is 0 Å². The van der Waals surface area contributed by atoms with Gasteiger partial charge in [0.25, 0.3) is 0 Å². The van der Waals surface area contributed by atoms with E-state index in [1.165, 1.54) is 0 Å². The molecule has 0 amide bonds. The second-order valence-corrected chi connectivity index (χ2v) is 5.88. The summed E-state index contributed by atoms with van der Waals surface area (Å²) in [5.74, 6) is -1.08. The van der Waals surface area contributed by atoms with Crippen LogP contribution in [0.25, 0.3) is 0 Å². The highest BCUT2D eigenvalue weighted by atomic mass is 17.1. The van der Waals surface area contributed by atoms with Crippen LogP contribution in [0.1, 0.15) is 45.4 Å². The maximum atomic E-state index is 10.3. The Balaban J connectivity index is 4.09. The second kappa shape index (κ2) is 19.5. The Kier molecular flexibility index (Phi) is 17.9. The fourth-order valence-electron chi connectivity index (χ4n) is 2.03. The Bertz CT molecular complexity index is 557.